The SMILES string of the molecule is CC(C)=C/C=C/[C@H](C)[C@H]1CC[C@]2(C)C[C@H]3[C@@H](/C(C=O)=C\C[C@@H]12)[C@H](O)C[C@@]3(C)O. The predicted molar refractivity (Wildman–Crippen MR) is 114 cm³/mol. The van der Waals surface area contributed by atoms with Gasteiger partial charge in [-0.1, -0.05) is 43.7 Å². The van der Waals surface area contributed by atoms with Crippen molar-refractivity contribution < 1.29 is 15.0 Å². The third-order valence-electron chi connectivity index (χ3n) is 8.06. The monoisotopic (exact) mass is 386 g/mol. The third kappa shape index (κ3) is 3.93. The van der Waals surface area contributed by atoms with Gasteiger partial charge in [0.1, 0.15) is 6.29 Å². The fourth-order valence-corrected chi connectivity index (χ4v) is 6.49. The smallest absolute Gasteiger partial charge is 0.146 e. The number of carbonyl (C=O) groups excluding carboxylic acids is 1. The molecule has 0 radical (unpaired) electrons. The second-order valence-electron chi connectivity index (χ2n) is 10.5. The standard InChI is InChI=1S/C25H38O3/c1-16(2)7-6-8-17(3)19-11-12-24(4)13-21-23(22(27)14-25(21,5)28)18(15-26)9-10-20(19)24/h6-9,15,17,19-23,27-28H,10-14H2,1-5H3/b8-6+,18-9-/t17-,19+,20-,21-,22+,23+,24+,25+/m0/s1. The van der Waals surface area contributed by atoms with Crippen LogP contribution in [0.25, 0.3) is 0 Å². The number of fused-ring (bicyclic) bond motifs is 2. The summed E-state index contributed by atoms with van der Waals surface area (Å²) in [7, 11) is 0. The van der Waals surface area contributed by atoms with Crippen molar-refractivity contribution in [1.29, 1.82) is 0 Å². The first-order valence-corrected chi connectivity index (χ1v) is 11.0. The summed E-state index contributed by atoms with van der Waals surface area (Å²) in [6, 6.07) is 0. The molecule has 8 atom stereocenters. The largest absolute Gasteiger partial charge is 0.392 e. The minimum atomic E-state index is -0.913. The van der Waals surface area contributed by atoms with Gasteiger partial charge in [0.25, 0.3) is 0 Å². The van der Waals surface area contributed by atoms with Gasteiger partial charge in [-0.15, -0.1) is 0 Å². The van der Waals surface area contributed by atoms with Crippen molar-refractivity contribution in [2.24, 2.45) is 35.0 Å². The summed E-state index contributed by atoms with van der Waals surface area (Å²) in [4.78, 5) is 11.8. The van der Waals surface area contributed by atoms with E-state index in [9.17, 15) is 15.0 Å². The molecule has 0 bridgehead atoms. The number of carbonyl (C=O) groups is 1. The molecule has 2 N–H and O–H groups in total. The number of hydrogen-bond donors (Lipinski definition) is 2. The van der Waals surface area contributed by atoms with Gasteiger partial charge in [-0.25, -0.2) is 0 Å². The Bertz CT molecular complexity index is 682. The van der Waals surface area contributed by atoms with Crippen LogP contribution >= 0.6 is 0 Å². The number of rotatable bonds is 4. The van der Waals surface area contributed by atoms with Gasteiger partial charge < -0.3 is 10.2 Å². The van der Waals surface area contributed by atoms with Gasteiger partial charge in [-0.05, 0) is 81.1 Å². The molecule has 3 nitrogen and oxygen atoms in total. The van der Waals surface area contributed by atoms with Crippen LogP contribution in [0.5, 0.6) is 0 Å². The van der Waals surface area contributed by atoms with Gasteiger partial charge in [0.05, 0.1) is 11.7 Å². The summed E-state index contributed by atoms with van der Waals surface area (Å²) in [5, 5.41) is 21.7. The Kier molecular flexibility index (Phi) is 6.08. The summed E-state index contributed by atoms with van der Waals surface area (Å²) < 4.78 is 0. The highest BCUT2D eigenvalue weighted by atomic mass is 16.3. The second kappa shape index (κ2) is 7.91. The maximum atomic E-state index is 11.8. The van der Waals surface area contributed by atoms with Gasteiger partial charge in [-0.3, -0.25) is 4.79 Å². The van der Waals surface area contributed by atoms with Crippen molar-refractivity contribution in [3.8, 4) is 0 Å². The quantitative estimate of drug-likeness (QED) is 0.537. The van der Waals surface area contributed by atoms with Crippen LogP contribution in [0.1, 0.15) is 66.7 Å². The second-order valence-corrected chi connectivity index (χ2v) is 10.5. The Morgan fingerprint density at radius 3 is 2.61 bits per heavy atom. The molecule has 2 fully saturated rings. The van der Waals surface area contributed by atoms with Gasteiger partial charge in [0, 0.05) is 12.3 Å². The molecule has 3 aliphatic rings. The Balaban J connectivity index is 1.91. The molecule has 0 saturated heterocycles. The lowest BCUT2D eigenvalue weighted by Crippen LogP contribution is -2.40. The summed E-state index contributed by atoms with van der Waals surface area (Å²) in [6.07, 6.45) is 13.5. The molecule has 0 aliphatic heterocycles. The minimum absolute atomic E-state index is 0.0537. The molecule has 3 aliphatic carbocycles. The van der Waals surface area contributed by atoms with Crippen molar-refractivity contribution in [2.45, 2.75) is 78.4 Å². The molecule has 0 aromatic rings. The molecule has 2 saturated carbocycles. The molecular formula is C25H38O3. The highest BCUT2D eigenvalue weighted by molar-refractivity contribution is 5.74. The van der Waals surface area contributed by atoms with Crippen LogP contribution in [0.3, 0.4) is 0 Å². The van der Waals surface area contributed by atoms with E-state index in [0.717, 1.165) is 25.5 Å². The Morgan fingerprint density at radius 2 is 1.96 bits per heavy atom. The maximum Gasteiger partial charge on any atom is 0.146 e. The topological polar surface area (TPSA) is 57.5 Å². The molecule has 3 rings (SSSR count). The number of aliphatic hydroxyl groups excluding tert-OH is 1. The lowest BCUT2D eigenvalue weighted by molar-refractivity contribution is -0.106. The zero-order valence-corrected chi connectivity index (χ0v) is 18.2. The van der Waals surface area contributed by atoms with Crippen molar-refractivity contribution in [2.75, 3.05) is 0 Å². The van der Waals surface area contributed by atoms with E-state index in [1.165, 1.54) is 12.0 Å². The average Bonchev–Trinajstić information content (AvgIpc) is 3.01. The molecule has 0 amide bonds. The molecule has 0 spiro atoms. The molecule has 3 heteroatoms. The van der Waals surface area contributed by atoms with Gasteiger partial charge >= 0.3 is 0 Å². The maximum absolute atomic E-state index is 11.8. The Hall–Kier alpha value is -1.19. The van der Waals surface area contributed by atoms with E-state index in [0.29, 0.717) is 29.7 Å². The zero-order valence-electron chi connectivity index (χ0n) is 18.2. The fraction of sp³-hybridized carbons (Fsp3) is 0.720. The van der Waals surface area contributed by atoms with Crippen LogP contribution in [0.15, 0.2) is 35.5 Å². The van der Waals surface area contributed by atoms with Crippen LogP contribution in [0, 0.1) is 35.0 Å². The van der Waals surface area contributed by atoms with Crippen molar-refractivity contribution in [3.63, 3.8) is 0 Å². The van der Waals surface area contributed by atoms with Crippen molar-refractivity contribution in [1.82, 2.24) is 0 Å². The third-order valence-corrected chi connectivity index (χ3v) is 8.06. The first-order chi connectivity index (χ1) is 13.1. The highest BCUT2D eigenvalue weighted by Crippen LogP contribution is 2.59. The Labute approximate surface area is 170 Å². The molecule has 0 heterocycles. The average molecular weight is 387 g/mol. The highest BCUT2D eigenvalue weighted by Gasteiger charge is 2.56. The molecule has 28 heavy (non-hydrogen) atoms. The first-order valence-electron chi connectivity index (χ1n) is 11.0. The molecule has 0 unspecified atom stereocenters. The van der Waals surface area contributed by atoms with Gasteiger partial charge in [0.2, 0.25) is 0 Å². The lowest BCUT2D eigenvalue weighted by atomic mass is 9.63. The molecule has 0 aromatic heterocycles. The number of aliphatic hydroxyl groups is 2. The van der Waals surface area contributed by atoms with Crippen LogP contribution in [0.2, 0.25) is 0 Å². The molecule has 156 valence electrons. The van der Waals surface area contributed by atoms with E-state index >= 15 is 0 Å². The van der Waals surface area contributed by atoms with E-state index in [2.05, 4.69) is 52.0 Å². The summed E-state index contributed by atoms with van der Waals surface area (Å²) in [5.74, 6) is 1.30. The van der Waals surface area contributed by atoms with Crippen LogP contribution in [-0.2, 0) is 4.79 Å². The minimum Gasteiger partial charge on any atom is -0.392 e. The number of aldehydes is 1. The first kappa shape index (κ1) is 21.5. The lowest BCUT2D eigenvalue weighted by Gasteiger charge is -2.43. The summed E-state index contributed by atoms with van der Waals surface area (Å²) >= 11 is 0. The van der Waals surface area contributed by atoms with Gasteiger partial charge in [-0.2, -0.15) is 0 Å². The normalized spacial score (nSPS) is 46.1. The van der Waals surface area contributed by atoms with E-state index in [1.54, 1.807) is 0 Å². The van der Waals surface area contributed by atoms with E-state index < -0.39 is 11.7 Å². The van der Waals surface area contributed by atoms with E-state index in [1.807, 2.05) is 6.92 Å². The zero-order chi connectivity index (χ0) is 20.7. The van der Waals surface area contributed by atoms with Gasteiger partial charge in [0.15, 0.2) is 0 Å². The fourth-order valence-electron chi connectivity index (χ4n) is 6.49. The molecule has 0 aromatic carbocycles. The van der Waals surface area contributed by atoms with Crippen molar-refractivity contribution in [3.05, 3.63) is 35.5 Å². The summed E-state index contributed by atoms with van der Waals surface area (Å²) in [6.45, 7) is 10.8. The van der Waals surface area contributed by atoms with Crippen molar-refractivity contribution >= 4 is 6.29 Å². The number of hydrogen-bond acceptors (Lipinski definition) is 3. The Morgan fingerprint density at radius 1 is 1.25 bits per heavy atom. The van der Waals surface area contributed by atoms with Crippen LogP contribution in [-0.4, -0.2) is 28.2 Å². The van der Waals surface area contributed by atoms with E-state index in [4.69, 9.17) is 0 Å². The molecular weight excluding hydrogens is 348 g/mol. The number of allylic oxidation sites excluding steroid dienone is 5. The van der Waals surface area contributed by atoms with Crippen LogP contribution < -0.4 is 0 Å². The van der Waals surface area contributed by atoms with E-state index in [-0.39, 0.29) is 17.3 Å². The van der Waals surface area contributed by atoms with Crippen LogP contribution in [0.4, 0.5) is 0 Å². The predicted octanol–water partition coefficient (Wildman–Crippen LogP) is 4.84. The summed E-state index contributed by atoms with van der Waals surface area (Å²) in [5.41, 5.74) is 1.24.